The third-order valence-corrected chi connectivity index (χ3v) is 5.26. The Hall–Kier alpha value is -2.55. The Morgan fingerprint density at radius 3 is 2.85 bits per heavy atom. The van der Waals surface area contributed by atoms with Crippen LogP contribution in [0.25, 0.3) is 0 Å². The molecular formula is C17H21N5O3S. The molecule has 8 nitrogen and oxygen atoms in total. The van der Waals surface area contributed by atoms with Crippen LogP contribution in [0, 0.1) is 0 Å². The molecule has 0 spiro atoms. The van der Waals surface area contributed by atoms with Crippen LogP contribution >= 0.6 is 11.8 Å². The van der Waals surface area contributed by atoms with E-state index in [2.05, 4.69) is 20.8 Å². The van der Waals surface area contributed by atoms with Crippen LogP contribution in [-0.2, 0) is 16.6 Å². The fourth-order valence-corrected chi connectivity index (χ4v) is 3.56. The van der Waals surface area contributed by atoms with E-state index in [9.17, 15) is 9.59 Å². The minimum absolute atomic E-state index is 0.00947. The second-order valence-electron chi connectivity index (χ2n) is 6.04. The first kappa shape index (κ1) is 18.2. The Morgan fingerprint density at radius 2 is 2.19 bits per heavy atom. The maximum Gasteiger partial charge on any atom is 0.230 e. The van der Waals surface area contributed by atoms with Crippen molar-refractivity contribution >= 4 is 23.6 Å². The van der Waals surface area contributed by atoms with Crippen molar-refractivity contribution in [1.29, 1.82) is 0 Å². The van der Waals surface area contributed by atoms with Crippen LogP contribution in [0.1, 0.15) is 24.4 Å². The zero-order valence-corrected chi connectivity index (χ0v) is 15.5. The minimum Gasteiger partial charge on any atom is -0.497 e. The number of piperidine rings is 1. The first-order valence-corrected chi connectivity index (χ1v) is 9.25. The average molecular weight is 375 g/mol. The van der Waals surface area contributed by atoms with Gasteiger partial charge in [-0.3, -0.25) is 9.59 Å². The Balaban J connectivity index is 1.64. The number of methoxy groups -OCH3 is 1. The highest BCUT2D eigenvalue weighted by Gasteiger charge is 2.31. The molecule has 2 amide bonds. The van der Waals surface area contributed by atoms with Gasteiger partial charge in [0.25, 0.3) is 0 Å². The molecule has 2 unspecified atom stereocenters. The molecule has 0 aliphatic carbocycles. The summed E-state index contributed by atoms with van der Waals surface area (Å²) in [4.78, 5) is 24.2. The van der Waals surface area contributed by atoms with Crippen molar-refractivity contribution in [2.45, 2.75) is 30.1 Å². The SMILES string of the molecule is COc1ccc(C2NC(=O)CCC2NC(=O)CSc2nncn2C)cc1. The molecule has 0 radical (unpaired) electrons. The number of hydrogen-bond donors (Lipinski definition) is 2. The first-order valence-electron chi connectivity index (χ1n) is 8.26. The van der Waals surface area contributed by atoms with Gasteiger partial charge >= 0.3 is 0 Å². The number of amides is 2. The largest absolute Gasteiger partial charge is 0.497 e. The van der Waals surface area contributed by atoms with Crippen molar-refractivity contribution in [3.8, 4) is 5.75 Å². The lowest BCUT2D eigenvalue weighted by molar-refractivity contribution is -0.126. The monoisotopic (exact) mass is 375 g/mol. The summed E-state index contributed by atoms with van der Waals surface area (Å²) >= 11 is 1.33. The number of carbonyl (C=O) groups excluding carboxylic acids is 2. The molecule has 1 aromatic heterocycles. The number of thioether (sulfide) groups is 1. The second kappa shape index (κ2) is 8.22. The lowest BCUT2D eigenvalue weighted by atomic mass is 9.92. The zero-order chi connectivity index (χ0) is 18.5. The Bertz CT molecular complexity index is 777. The standard InChI is InChI=1S/C17H21N5O3S/c1-22-10-18-21-17(22)26-9-15(24)19-13-7-8-14(23)20-16(13)11-3-5-12(25-2)6-4-11/h3-6,10,13,16H,7-9H2,1-2H3,(H,19,24)(H,20,23). The van der Waals surface area contributed by atoms with E-state index in [0.717, 1.165) is 11.3 Å². The number of benzene rings is 1. The molecule has 1 aromatic carbocycles. The molecule has 2 heterocycles. The van der Waals surface area contributed by atoms with Crippen LogP contribution in [0.15, 0.2) is 35.7 Å². The predicted molar refractivity (Wildman–Crippen MR) is 96.8 cm³/mol. The van der Waals surface area contributed by atoms with Gasteiger partial charge in [0.2, 0.25) is 11.8 Å². The van der Waals surface area contributed by atoms with Crippen LogP contribution < -0.4 is 15.4 Å². The molecule has 26 heavy (non-hydrogen) atoms. The molecule has 1 saturated heterocycles. The fraction of sp³-hybridized carbons (Fsp3) is 0.412. The number of aromatic nitrogens is 3. The highest BCUT2D eigenvalue weighted by molar-refractivity contribution is 7.99. The summed E-state index contributed by atoms with van der Waals surface area (Å²) in [6, 6.07) is 7.09. The smallest absolute Gasteiger partial charge is 0.230 e. The van der Waals surface area contributed by atoms with Crippen LogP contribution in [0.5, 0.6) is 5.75 Å². The van der Waals surface area contributed by atoms with Gasteiger partial charge < -0.3 is 19.9 Å². The number of nitrogens with one attached hydrogen (secondary N) is 2. The lowest BCUT2D eigenvalue weighted by Gasteiger charge is -2.33. The van der Waals surface area contributed by atoms with Crippen LogP contribution in [0.4, 0.5) is 0 Å². The number of nitrogens with zero attached hydrogens (tertiary/aromatic N) is 3. The van der Waals surface area contributed by atoms with E-state index in [-0.39, 0.29) is 29.7 Å². The highest BCUT2D eigenvalue weighted by atomic mass is 32.2. The Kier molecular flexibility index (Phi) is 5.77. The maximum absolute atomic E-state index is 12.4. The molecule has 1 fully saturated rings. The number of hydrogen-bond acceptors (Lipinski definition) is 6. The number of aryl methyl sites for hydroxylation is 1. The normalized spacial score (nSPS) is 19.7. The van der Waals surface area contributed by atoms with E-state index < -0.39 is 0 Å². The quantitative estimate of drug-likeness (QED) is 0.733. The first-order chi connectivity index (χ1) is 12.6. The molecule has 2 aromatic rings. The van der Waals surface area contributed by atoms with Crippen LogP contribution in [0.2, 0.25) is 0 Å². The van der Waals surface area contributed by atoms with Gasteiger partial charge in [0.05, 0.1) is 24.9 Å². The van der Waals surface area contributed by atoms with Crippen molar-refractivity contribution in [3.05, 3.63) is 36.2 Å². The van der Waals surface area contributed by atoms with Gasteiger partial charge in [0.15, 0.2) is 5.16 Å². The second-order valence-corrected chi connectivity index (χ2v) is 6.99. The number of carbonyl (C=O) groups is 2. The molecule has 1 aliphatic heterocycles. The molecule has 1 aliphatic rings. The van der Waals surface area contributed by atoms with Gasteiger partial charge in [-0.1, -0.05) is 23.9 Å². The average Bonchev–Trinajstić information content (AvgIpc) is 3.06. The van der Waals surface area contributed by atoms with Gasteiger partial charge in [0.1, 0.15) is 12.1 Å². The van der Waals surface area contributed by atoms with E-state index in [0.29, 0.717) is 18.0 Å². The van der Waals surface area contributed by atoms with Gasteiger partial charge in [-0.05, 0) is 24.1 Å². The molecule has 138 valence electrons. The van der Waals surface area contributed by atoms with Crippen molar-refractivity contribution < 1.29 is 14.3 Å². The Labute approximate surface area is 155 Å². The topological polar surface area (TPSA) is 98.1 Å². The minimum atomic E-state index is -0.258. The van der Waals surface area contributed by atoms with E-state index in [4.69, 9.17) is 4.74 Å². The Morgan fingerprint density at radius 1 is 1.42 bits per heavy atom. The van der Waals surface area contributed by atoms with E-state index >= 15 is 0 Å². The summed E-state index contributed by atoms with van der Waals surface area (Å²) in [5, 5.41) is 14.4. The zero-order valence-electron chi connectivity index (χ0n) is 14.6. The fourth-order valence-electron chi connectivity index (χ4n) is 2.86. The number of rotatable bonds is 6. The summed E-state index contributed by atoms with van der Waals surface area (Å²) in [5.41, 5.74) is 0.935. The van der Waals surface area contributed by atoms with E-state index in [1.165, 1.54) is 11.8 Å². The van der Waals surface area contributed by atoms with Crippen molar-refractivity contribution in [2.75, 3.05) is 12.9 Å². The van der Waals surface area contributed by atoms with Gasteiger partial charge in [-0.15, -0.1) is 10.2 Å². The molecule has 3 rings (SSSR count). The summed E-state index contributed by atoms with van der Waals surface area (Å²) in [6.07, 6.45) is 2.59. The lowest BCUT2D eigenvalue weighted by Crippen LogP contribution is -2.50. The molecule has 2 N–H and O–H groups in total. The van der Waals surface area contributed by atoms with Crippen molar-refractivity contribution in [2.24, 2.45) is 7.05 Å². The van der Waals surface area contributed by atoms with Crippen LogP contribution in [-0.4, -0.2) is 45.5 Å². The molecule has 0 saturated carbocycles. The predicted octanol–water partition coefficient (Wildman–Crippen LogP) is 1.05. The van der Waals surface area contributed by atoms with Crippen molar-refractivity contribution in [3.63, 3.8) is 0 Å². The molecule has 9 heteroatoms. The van der Waals surface area contributed by atoms with E-state index in [1.807, 2.05) is 31.3 Å². The highest BCUT2D eigenvalue weighted by Crippen LogP contribution is 2.26. The van der Waals surface area contributed by atoms with Gasteiger partial charge in [-0.2, -0.15) is 0 Å². The van der Waals surface area contributed by atoms with Crippen LogP contribution in [0.3, 0.4) is 0 Å². The molecular weight excluding hydrogens is 354 g/mol. The molecule has 2 atom stereocenters. The third-order valence-electron chi connectivity index (χ3n) is 4.22. The maximum atomic E-state index is 12.4. The third kappa shape index (κ3) is 4.34. The summed E-state index contributed by atoms with van der Waals surface area (Å²) < 4.78 is 6.94. The van der Waals surface area contributed by atoms with Crippen molar-refractivity contribution in [1.82, 2.24) is 25.4 Å². The van der Waals surface area contributed by atoms with Gasteiger partial charge in [-0.25, -0.2) is 0 Å². The van der Waals surface area contributed by atoms with Gasteiger partial charge in [0, 0.05) is 13.5 Å². The number of ether oxygens (including phenoxy) is 1. The molecule has 0 bridgehead atoms. The summed E-state index contributed by atoms with van der Waals surface area (Å²) in [7, 11) is 3.44. The van der Waals surface area contributed by atoms with E-state index in [1.54, 1.807) is 18.0 Å². The summed E-state index contributed by atoms with van der Waals surface area (Å²) in [5.74, 6) is 0.880. The summed E-state index contributed by atoms with van der Waals surface area (Å²) in [6.45, 7) is 0.